The number of carboxylic acid groups (broad SMARTS) is 1. The minimum Gasteiger partial charge on any atom is -0.478 e. The van der Waals surface area contributed by atoms with Crippen LogP contribution in [0.15, 0.2) is 0 Å². The normalized spacial score (nSPS) is 16.9. The van der Waals surface area contributed by atoms with Crippen molar-refractivity contribution in [3.05, 3.63) is 0 Å². The molecule has 2 N–H and O–H groups in total. The molecule has 0 saturated heterocycles. The molecule has 0 aromatic carbocycles. The first-order valence-corrected chi connectivity index (χ1v) is 4.83. The van der Waals surface area contributed by atoms with Crippen LogP contribution in [0.5, 0.6) is 0 Å². The predicted octanol–water partition coefficient (Wildman–Crippen LogP) is 0.800. The van der Waals surface area contributed by atoms with E-state index in [1.165, 1.54) is 13.8 Å². The van der Waals surface area contributed by atoms with Gasteiger partial charge in [-0.3, -0.25) is 0 Å². The number of carbonyl (C=O) groups is 2. The molecule has 5 nitrogen and oxygen atoms in total. The molecule has 0 bridgehead atoms. The molecule has 0 aromatic rings. The summed E-state index contributed by atoms with van der Waals surface area (Å²) in [5.74, 6) is -2.04. The van der Waals surface area contributed by atoms with Gasteiger partial charge in [0.15, 0.2) is 0 Å². The second-order valence-electron chi connectivity index (χ2n) is 4.23. The number of hydrogen-bond donors (Lipinski definition) is 2. The molecular weight excluding hydrogens is 200 g/mol. The molecule has 5 heteroatoms. The summed E-state index contributed by atoms with van der Waals surface area (Å²) in [6, 6.07) is 0. The molecule has 0 spiro atoms. The average Bonchev–Trinajstić information content (AvgIpc) is 2.01. The van der Waals surface area contributed by atoms with Crippen molar-refractivity contribution in [2.24, 2.45) is 5.92 Å². The molecule has 0 aliphatic rings. The van der Waals surface area contributed by atoms with Crippen molar-refractivity contribution < 1.29 is 24.5 Å². The third-order valence-corrected chi connectivity index (χ3v) is 1.92. The number of rotatable bonds is 5. The zero-order valence-electron chi connectivity index (χ0n) is 9.48. The highest BCUT2D eigenvalue weighted by molar-refractivity contribution is 5.82. The molecule has 0 fully saturated rings. The van der Waals surface area contributed by atoms with Crippen molar-refractivity contribution in [3.63, 3.8) is 0 Å². The summed E-state index contributed by atoms with van der Waals surface area (Å²) in [5, 5.41) is 17.9. The lowest BCUT2D eigenvalue weighted by molar-refractivity contribution is -0.183. The van der Waals surface area contributed by atoms with Gasteiger partial charge >= 0.3 is 11.9 Å². The van der Waals surface area contributed by atoms with E-state index in [1.807, 2.05) is 13.8 Å². The quantitative estimate of drug-likeness (QED) is 0.667. The lowest BCUT2D eigenvalue weighted by Gasteiger charge is -2.27. The molecule has 0 rings (SSSR count). The van der Waals surface area contributed by atoms with Gasteiger partial charge in [-0.05, 0) is 19.8 Å². The van der Waals surface area contributed by atoms with E-state index in [1.54, 1.807) is 0 Å². The second kappa shape index (κ2) is 5.11. The van der Waals surface area contributed by atoms with Crippen LogP contribution in [0.25, 0.3) is 0 Å². The van der Waals surface area contributed by atoms with Crippen LogP contribution >= 0.6 is 0 Å². The minimum atomic E-state index is -1.57. The van der Waals surface area contributed by atoms with Crippen molar-refractivity contribution in [3.8, 4) is 0 Å². The summed E-state index contributed by atoms with van der Waals surface area (Å²) in [5.41, 5.74) is -1.57. The average molecular weight is 218 g/mol. The van der Waals surface area contributed by atoms with Gasteiger partial charge in [0.25, 0.3) is 0 Å². The van der Waals surface area contributed by atoms with E-state index in [0.29, 0.717) is 0 Å². The van der Waals surface area contributed by atoms with Crippen molar-refractivity contribution in [1.29, 1.82) is 0 Å². The van der Waals surface area contributed by atoms with Crippen LogP contribution in [0.3, 0.4) is 0 Å². The Balaban J connectivity index is 4.66. The van der Waals surface area contributed by atoms with E-state index < -0.39 is 23.6 Å². The number of aliphatic carboxylic acids is 1. The van der Waals surface area contributed by atoms with Crippen LogP contribution in [0, 0.1) is 5.92 Å². The van der Waals surface area contributed by atoms with Crippen LogP contribution in [-0.4, -0.2) is 33.9 Å². The molecule has 0 aromatic heterocycles. The van der Waals surface area contributed by atoms with Crippen molar-refractivity contribution in [2.45, 2.75) is 45.8 Å². The Hall–Kier alpha value is -1.10. The van der Waals surface area contributed by atoms with Crippen LogP contribution in [0.2, 0.25) is 0 Å². The van der Waals surface area contributed by atoms with Gasteiger partial charge in [0.05, 0.1) is 0 Å². The van der Waals surface area contributed by atoms with Crippen molar-refractivity contribution in [2.75, 3.05) is 0 Å². The molecule has 0 radical (unpaired) electrons. The number of carbonyl (C=O) groups excluding carboxylic acids is 1. The summed E-state index contributed by atoms with van der Waals surface area (Å²) in [6.45, 7) is 6.23. The number of esters is 1. The number of aliphatic hydroxyl groups excluding tert-OH is 1. The fourth-order valence-electron chi connectivity index (χ4n) is 1.26. The third kappa shape index (κ3) is 4.29. The summed E-state index contributed by atoms with van der Waals surface area (Å²) in [7, 11) is 0. The maximum absolute atomic E-state index is 11.1. The molecule has 0 amide bonds. The number of carboxylic acids is 1. The SMILES string of the molecule is CC(C)CC(C)(OC(=O)C(C)O)C(=O)O. The molecule has 0 aliphatic carbocycles. The number of ether oxygens (including phenoxy) is 1. The van der Waals surface area contributed by atoms with Gasteiger partial charge < -0.3 is 14.9 Å². The fourth-order valence-corrected chi connectivity index (χ4v) is 1.26. The molecule has 15 heavy (non-hydrogen) atoms. The molecule has 2 atom stereocenters. The second-order valence-corrected chi connectivity index (χ2v) is 4.23. The van der Waals surface area contributed by atoms with Crippen LogP contribution < -0.4 is 0 Å². The summed E-state index contributed by atoms with van der Waals surface area (Å²) >= 11 is 0. The topological polar surface area (TPSA) is 83.8 Å². The van der Waals surface area contributed by atoms with E-state index in [4.69, 9.17) is 14.9 Å². The highest BCUT2D eigenvalue weighted by atomic mass is 16.6. The third-order valence-electron chi connectivity index (χ3n) is 1.92. The number of hydrogen-bond acceptors (Lipinski definition) is 4. The molecule has 0 heterocycles. The Labute approximate surface area is 89.0 Å². The van der Waals surface area contributed by atoms with E-state index in [-0.39, 0.29) is 12.3 Å². The van der Waals surface area contributed by atoms with E-state index in [2.05, 4.69) is 0 Å². The predicted molar refractivity (Wildman–Crippen MR) is 53.3 cm³/mol. The monoisotopic (exact) mass is 218 g/mol. The minimum absolute atomic E-state index is 0.0768. The van der Waals surface area contributed by atoms with Gasteiger partial charge in [0, 0.05) is 6.42 Å². The summed E-state index contributed by atoms with van der Waals surface area (Å²) in [6.07, 6.45) is -1.10. The zero-order valence-corrected chi connectivity index (χ0v) is 9.48. The van der Waals surface area contributed by atoms with Crippen LogP contribution in [0.4, 0.5) is 0 Å². The first kappa shape index (κ1) is 13.9. The largest absolute Gasteiger partial charge is 0.478 e. The maximum Gasteiger partial charge on any atom is 0.347 e. The Morgan fingerprint density at radius 3 is 2.07 bits per heavy atom. The standard InChI is InChI=1S/C10H18O5/c1-6(2)5-10(4,9(13)14)15-8(12)7(3)11/h6-7,11H,5H2,1-4H3,(H,13,14). The molecule has 0 aliphatic heterocycles. The smallest absolute Gasteiger partial charge is 0.347 e. The molecule has 0 saturated carbocycles. The van der Waals surface area contributed by atoms with Gasteiger partial charge in [0.1, 0.15) is 6.10 Å². The van der Waals surface area contributed by atoms with Gasteiger partial charge in [0.2, 0.25) is 5.60 Å². The molecule has 88 valence electrons. The highest BCUT2D eigenvalue weighted by Gasteiger charge is 2.38. The molecule has 2 unspecified atom stereocenters. The van der Waals surface area contributed by atoms with E-state index in [9.17, 15) is 9.59 Å². The van der Waals surface area contributed by atoms with Crippen molar-refractivity contribution >= 4 is 11.9 Å². The summed E-state index contributed by atoms with van der Waals surface area (Å²) < 4.78 is 4.78. The van der Waals surface area contributed by atoms with Gasteiger partial charge in [-0.25, -0.2) is 9.59 Å². The fraction of sp³-hybridized carbons (Fsp3) is 0.800. The maximum atomic E-state index is 11.1. The summed E-state index contributed by atoms with van der Waals surface area (Å²) in [4.78, 5) is 22.1. The van der Waals surface area contributed by atoms with E-state index >= 15 is 0 Å². The van der Waals surface area contributed by atoms with Crippen LogP contribution in [0.1, 0.15) is 34.1 Å². The number of aliphatic hydroxyl groups is 1. The van der Waals surface area contributed by atoms with E-state index in [0.717, 1.165) is 0 Å². The van der Waals surface area contributed by atoms with Gasteiger partial charge in [-0.15, -0.1) is 0 Å². The lowest BCUT2D eigenvalue weighted by atomic mass is 9.94. The van der Waals surface area contributed by atoms with Crippen LogP contribution in [-0.2, 0) is 14.3 Å². The first-order valence-electron chi connectivity index (χ1n) is 4.83. The highest BCUT2D eigenvalue weighted by Crippen LogP contribution is 2.22. The Bertz CT molecular complexity index is 246. The lowest BCUT2D eigenvalue weighted by Crippen LogP contribution is -2.43. The molecular formula is C10H18O5. The Morgan fingerprint density at radius 1 is 1.33 bits per heavy atom. The van der Waals surface area contributed by atoms with Gasteiger partial charge in [-0.2, -0.15) is 0 Å². The van der Waals surface area contributed by atoms with Crippen molar-refractivity contribution in [1.82, 2.24) is 0 Å². The van der Waals surface area contributed by atoms with Gasteiger partial charge in [-0.1, -0.05) is 13.8 Å². The zero-order chi connectivity index (χ0) is 12.2. The first-order chi connectivity index (χ1) is 6.69. The Morgan fingerprint density at radius 2 is 1.80 bits per heavy atom. The Kier molecular flexibility index (Phi) is 4.74.